The summed E-state index contributed by atoms with van der Waals surface area (Å²) in [5.74, 6) is 1.69. The second-order valence-corrected chi connectivity index (χ2v) is 7.59. The van der Waals surface area contributed by atoms with Gasteiger partial charge in [0.1, 0.15) is 11.6 Å². The Bertz CT molecular complexity index is 861. The van der Waals surface area contributed by atoms with Gasteiger partial charge in [-0.05, 0) is 49.6 Å². The molecular formula is C21H27ClF2IN5O. The Hall–Kier alpha value is -1.88. The van der Waals surface area contributed by atoms with Gasteiger partial charge in [-0.2, -0.15) is 8.78 Å². The first-order chi connectivity index (χ1) is 14.4. The minimum atomic E-state index is -2.89. The number of guanidine groups is 1. The number of piperidine rings is 1. The first-order valence-electron chi connectivity index (χ1n) is 9.82. The number of aryl methyl sites for hydroxylation is 1. The molecule has 1 saturated heterocycles. The Morgan fingerprint density at radius 1 is 1.29 bits per heavy atom. The minimum Gasteiger partial charge on any atom is -0.434 e. The Balaban J connectivity index is 0.00000341. The Labute approximate surface area is 203 Å². The van der Waals surface area contributed by atoms with Crippen LogP contribution in [0.5, 0.6) is 5.75 Å². The highest BCUT2D eigenvalue weighted by molar-refractivity contribution is 14.0. The van der Waals surface area contributed by atoms with Crippen LogP contribution >= 0.6 is 35.6 Å². The van der Waals surface area contributed by atoms with Gasteiger partial charge in [0.15, 0.2) is 5.96 Å². The molecule has 0 saturated carbocycles. The highest BCUT2D eigenvalue weighted by Crippen LogP contribution is 2.24. The maximum atomic E-state index is 12.6. The molecule has 2 N–H and O–H groups in total. The lowest BCUT2D eigenvalue weighted by Crippen LogP contribution is -2.48. The Kier molecular flexibility index (Phi) is 10.0. The number of hydrogen-bond donors (Lipinski definition) is 2. The highest BCUT2D eigenvalue weighted by atomic mass is 127. The largest absolute Gasteiger partial charge is 0.434 e. The number of rotatable bonds is 6. The second kappa shape index (κ2) is 12.2. The maximum Gasteiger partial charge on any atom is 0.387 e. The van der Waals surface area contributed by atoms with Crippen molar-refractivity contribution < 1.29 is 13.5 Å². The van der Waals surface area contributed by atoms with E-state index in [4.69, 9.17) is 11.6 Å². The Morgan fingerprint density at radius 2 is 2.03 bits per heavy atom. The zero-order valence-corrected chi connectivity index (χ0v) is 20.5. The lowest BCUT2D eigenvalue weighted by atomic mass is 10.1. The fraction of sp³-hybridized carbons (Fsp3) is 0.429. The number of benzene rings is 1. The molecule has 2 heterocycles. The number of aliphatic imine (C=N–C) groups is 1. The highest BCUT2D eigenvalue weighted by Gasteiger charge is 2.21. The molecule has 1 fully saturated rings. The predicted octanol–water partition coefficient (Wildman–Crippen LogP) is 4.60. The first-order valence-corrected chi connectivity index (χ1v) is 10.2. The predicted molar refractivity (Wildman–Crippen MR) is 131 cm³/mol. The number of aromatic nitrogens is 1. The number of pyridine rings is 1. The molecule has 3 rings (SSSR count). The molecule has 0 atom stereocenters. The van der Waals surface area contributed by atoms with Gasteiger partial charge in [-0.1, -0.05) is 17.7 Å². The number of nitrogens with zero attached hydrogens (tertiary/aromatic N) is 3. The van der Waals surface area contributed by atoms with Crippen LogP contribution in [-0.4, -0.2) is 43.7 Å². The van der Waals surface area contributed by atoms with Gasteiger partial charge in [-0.25, -0.2) is 4.98 Å². The summed E-state index contributed by atoms with van der Waals surface area (Å²) in [6.07, 6.45) is 3.76. The van der Waals surface area contributed by atoms with Gasteiger partial charge in [-0.15, -0.1) is 24.0 Å². The van der Waals surface area contributed by atoms with Gasteiger partial charge < -0.3 is 20.3 Å². The van der Waals surface area contributed by atoms with E-state index in [1.54, 1.807) is 13.1 Å². The Morgan fingerprint density at radius 3 is 2.65 bits per heavy atom. The molecule has 6 nitrogen and oxygen atoms in total. The molecule has 0 spiro atoms. The van der Waals surface area contributed by atoms with Gasteiger partial charge >= 0.3 is 6.61 Å². The van der Waals surface area contributed by atoms with Crippen molar-refractivity contribution in [3.8, 4) is 5.75 Å². The molecule has 1 aromatic carbocycles. The third-order valence-corrected chi connectivity index (χ3v) is 5.20. The van der Waals surface area contributed by atoms with Crippen molar-refractivity contribution in [2.75, 3.05) is 25.0 Å². The molecule has 170 valence electrons. The molecule has 0 aliphatic carbocycles. The van der Waals surface area contributed by atoms with Crippen LogP contribution in [0.3, 0.4) is 0 Å². The SMILES string of the molecule is CN=C(NCc1cc(Cl)ccc1OC(F)F)NC1CCN(c2ccc(C)cn2)CC1.I. The minimum absolute atomic E-state index is 0. The topological polar surface area (TPSA) is 61.8 Å². The van der Waals surface area contributed by atoms with Crippen molar-refractivity contribution in [1.29, 1.82) is 0 Å². The van der Waals surface area contributed by atoms with Crippen LogP contribution in [0.1, 0.15) is 24.0 Å². The van der Waals surface area contributed by atoms with E-state index in [2.05, 4.69) is 36.3 Å². The molecule has 10 heteroatoms. The zero-order valence-electron chi connectivity index (χ0n) is 17.4. The molecule has 1 aromatic heterocycles. The summed E-state index contributed by atoms with van der Waals surface area (Å²) in [7, 11) is 1.68. The lowest BCUT2D eigenvalue weighted by Gasteiger charge is -2.33. The number of anilines is 1. The van der Waals surface area contributed by atoms with Crippen LogP contribution in [0.25, 0.3) is 0 Å². The maximum absolute atomic E-state index is 12.6. The van der Waals surface area contributed by atoms with E-state index in [0.717, 1.165) is 37.3 Å². The summed E-state index contributed by atoms with van der Waals surface area (Å²) in [6.45, 7) is 1.18. The van der Waals surface area contributed by atoms with Crippen molar-refractivity contribution in [2.24, 2.45) is 4.99 Å². The monoisotopic (exact) mass is 565 g/mol. The van der Waals surface area contributed by atoms with Crippen LogP contribution in [0.15, 0.2) is 41.5 Å². The molecule has 1 aliphatic heterocycles. The van der Waals surface area contributed by atoms with Gasteiger partial charge in [0.2, 0.25) is 0 Å². The summed E-state index contributed by atoms with van der Waals surface area (Å²) >= 11 is 6.00. The average molecular weight is 566 g/mol. The van der Waals surface area contributed by atoms with Gasteiger partial charge in [-0.3, -0.25) is 4.99 Å². The molecule has 0 bridgehead atoms. The van der Waals surface area contributed by atoms with E-state index in [1.807, 2.05) is 19.2 Å². The van der Waals surface area contributed by atoms with E-state index >= 15 is 0 Å². The smallest absolute Gasteiger partial charge is 0.387 e. The summed E-state index contributed by atoms with van der Waals surface area (Å²) < 4.78 is 29.8. The van der Waals surface area contributed by atoms with Crippen molar-refractivity contribution in [3.05, 3.63) is 52.7 Å². The van der Waals surface area contributed by atoms with Gasteiger partial charge in [0.25, 0.3) is 0 Å². The van der Waals surface area contributed by atoms with Crippen LogP contribution in [-0.2, 0) is 6.54 Å². The number of halogens is 4. The first kappa shape index (κ1) is 25.4. The zero-order chi connectivity index (χ0) is 21.5. The van der Waals surface area contributed by atoms with Crippen LogP contribution in [0, 0.1) is 6.92 Å². The molecule has 0 unspecified atom stereocenters. The fourth-order valence-corrected chi connectivity index (χ4v) is 3.56. The van der Waals surface area contributed by atoms with E-state index in [0.29, 0.717) is 16.5 Å². The van der Waals surface area contributed by atoms with E-state index in [-0.39, 0.29) is 42.3 Å². The third-order valence-electron chi connectivity index (χ3n) is 4.96. The van der Waals surface area contributed by atoms with Crippen molar-refractivity contribution in [3.63, 3.8) is 0 Å². The number of nitrogens with one attached hydrogen (secondary N) is 2. The summed E-state index contributed by atoms with van der Waals surface area (Å²) in [5.41, 5.74) is 1.68. The third kappa shape index (κ3) is 7.64. The lowest BCUT2D eigenvalue weighted by molar-refractivity contribution is -0.0504. The summed E-state index contributed by atoms with van der Waals surface area (Å²) in [5, 5.41) is 7.01. The average Bonchev–Trinajstić information content (AvgIpc) is 2.73. The molecular weight excluding hydrogens is 539 g/mol. The summed E-state index contributed by atoms with van der Waals surface area (Å²) in [6, 6.07) is 8.94. The molecule has 31 heavy (non-hydrogen) atoms. The van der Waals surface area contributed by atoms with E-state index in [9.17, 15) is 8.78 Å². The van der Waals surface area contributed by atoms with Crippen molar-refractivity contribution >= 4 is 47.4 Å². The van der Waals surface area contributed by atoms with Crippen molar-refractivity contribution in [1.82, 2.24) is 15.6 Å². The van der Waals surface area contributed by atoms with Crippen LogP contribution < -0.4 is 20.3 Å². The normalized spacial score (nSPS) is 14.9. The number of hydrogen-bond acceptors (Lipinski definition) is 4. The number of ether oxygens (including phenoxy) is 1. The van der Waals surface area contributed by atoms with Crippen molar-refractivity contribution in [2.45, 2.75) is 39.0 Å². The standard InChI is InChI=1S/C21H26ClF2N5O.HI/c1-14-3-6-19(26-12-14)29-9-7-17(8-10-29)28-21(25-2)27-13-15-11-16(22)4-5-18(15)30-20(23)24;/h3-6,11-12,17,20H,7-10,13H2,1-2H3,(H2,25,27,28);1H. The second-order valence-electron chi connectivity index (χ2n) is 7.16. The van der Waals surface area contributed by atoms with Crippen LogP contribution in [0.4, 0.5) is 14.6 Å². The van der Waals surface area contributed by atoms with Crippen LogP contribution in [0.2, 0.25) is 5.02 Å². The van der Waals surface area contributed by atoms with Gasteiger partial charge in [0, 0.05) is 49.5 Å². The fourth-order valence-electron chi connectivity index (χ4n) is 3.36. The molecule has 0 amide bonds. The quantitative estimate of drug-likeness (QED) is 0.305. The molecule has 0 radical (unpaired) electrons. The van der Waals surface area contributed by atoms with Gasteiger partial charge in [0.05, 0.1) is 0 Å². The molecule has 1 aliphatic rings. The van der Waals surface area contributed by atoms with E-state index in [1.165, 1.54) is 12.1 Å². The molecule has 2 aromatic rings. The number of alkyl halides is 2. The summed E-state index contributed by atoms with van der Waals surface area (Å²) in [4.78, 5) is 11.0. The van der Waals surface area contributed by atoms with E-state index < -0.39 is 6.61 Å².